The van der Waals surface area contributed by atoms with Gasteiger partial charge < -0.3 is 4.74 Å². The number of carbonyl (C=O) groups excluding carboxylic acids is 1. The van der Waals surface area contributed by atoms with Gasteiger partial charge in [0.15, 0.2) is 0 Å². The van der Waals surface area contributed by atoms with Crippen molar-refractivity contribution in [3.8, 4) is 11.1 Å². The molecular formula is C21H26N2O2. The van der Waals surface area contributed by atoms with Gasteiger partial charge in [-0.1, -0.05) is 24.3 Å². The van der Waals surface area contributed by atoms with Crippen LogP contribution in [0, 0.1) is 12.8 Å². The van der Waals surface area contributed by atoms with Gasteiger partial charge >= 0.3 is 5.97 Å². The van der Waals surface area contributed by atoms with E-state index in [1.807, 2.05) is 19.3 Å². The molecule has 0 saturated carbocycles. The van der Waals surface area contributed by atoms with Gasteiger partial charge in [0.1, 0.15) is 0 Å². The van der Waals surface area contributed by atoms with Crippen LogP contribution < -0.4 is 0 Å². The SMILES string of the molecule is CCOC(=O)[C@@H]1CCCN(Cc2cncc(-c3ccccc3C)c2)C1. The largest absolute Gasteiger partial charge is 0.466 e. The van der Waals surface area contributed by atoms with Crippen molar-refractivity contribution in [1.82, 2.24) is 9.88 Å². The van der Waals surface area contributed by atoms with E-state index in [0.29, 0.717) is 6.61 Å². The van der Waals surface area contributed by atoms with Crippen LogP contribution in [0.3, 0.4) is 0 Å². The molecule has 0 aliphatic carbocycles. The Bertz CT molecular complexity index is 729. The third-order valence-corrected chi connectivity index (χ3v) is 4.78. The van der Waals surface area contributed by atoms with Crippen LogP contribution in [0.4, 0.5) is 0 Å². The number of likely N-dealkylation sites (tertiary alicyclic amines) is 1. The van der Waals surface area contributed by atoms with Gasteiger partial charge in [-0.2, -0.15) is 0 Å². The van der Waals surface area contributed by atoms with Crippen LogP contribution >= 0.6 is 0 Å². The number of benzene rings is 1. The summed E-state index contributed by atoms with van der Waals surface area (Å²) in [7, 11) is 0. The van der Waals surface area contributed by atoms with Crippen molar-refractivity contribution in [3.05, 3.63) is 53.9 Å². The molecule has 1 aromatic heterocycles. The number of esters is 1. The number of pyridine rings is 1. The summed E-state index contributed by atoms with van der Waals surface area (Å²) >= 11 is 0. The molecular weight excluding hydrogens is 312 g/mol. The first kappa shape index (κ1) is 17.6. The fraction of sp³-hybridized carbons (Fsp3) is 0.429. The van der Waals surface area contributed by atoms with Gasteiger partial charge in [-0.3, -0.25) is 14.7 Å². The minimum atomic E-state index is -0.0565. The second-order valence-electron chi connectivity index (χ2n) is 6.72. The van der Waals surface area contributed by atoms with Crippen molar-refractivity contribution in [1.29, 1.82) is 0 Å². The van der Waals surface area contributed by atoms with Gasteiger partial charge in [-0.15, -0.1) is 0 Å². The molecule has 4 heteroatoms. The van der Waals surface area contributed by atoms with Gasteiger partial charge in [-0.25, -0.2) is 0 Å². The summed E-state index contributed by atoms with van der Waals surface area (Å²) in [6.07, 6.45) is 5.81. The van der Waals surface area contributed by atoms with Crippen LogP contribution in [-0.4, -0.2) is 35.5 Å². The van der Waals surface area contributed by atoms with Gasteiger partial charge in [0.2, 0.25) is 0 Å². The first-order valence-electron chi connectivity index (χ1n) is 9.06. The molecule has 2 aromatic rings. The van der Waals surface area contributed by atoms with Crippen molar-refractivity contribution in [2.75, 3.05) is 19.7 Å². The van der Waals surface area contributed by atoms with Crippen LogP contribution in [0.5, 0.6) is 0 Å². The van der Waals surface area contributed by atoms with E-state index in [-0.39, 0.29) is 11.9 Å². The highest BCUT2D eigenvalue weighted by atomic mass is 16.5. The van der Waals surface area contributed by atoms with E-state index < -0.39 is 0 Å². The van der Waals surface area contributed by atoms with Gasteiger partial charge in [0.25, 0.3) is 0 Å². The minimum absolute atomic E-state index is 0.00112. The molecule has 132 valence electrons. The molecule has 0 amide bonds. The monoisotopic (exact) mass is 338 g/mol. The van der Waals surface area contributed by atoms with E-state index in [2.05, 4.69) is 47.1 Å². The lowest BCUT2D eigenvalue weighted by molar-refractivity contribution is -0.150. The average molecular weight is 338 g/mol. The quantitative estimate of drug-likeness (QED) is 0.777. The highest BCUT2D eigenvalue weighted by Crippen LogP contribution is 2.25. The molecule has 1 aliphatic heterocycles. The Morgan fingerprint density at radius 1 is 1.32 bits per heavy atom. The topological polar surface area (TPSA) is 42.4 Å². The zero-order valence-electron chi connectivity index (χ0n) is 15.1. The first-order valence-corrected chi connectivity index (χ1v) is 9.06. The number of aryl methyl sites for hydroxylation is 1. The summed E-state index contributed by atoms with van der Waals surface area (Å²) in [5, 5.41) is 0. The summed E-state index contributed by atoms with van der Waals surface area (Å²) in [5.74, 6) is -0.0554. The third kappa shape index (κ3) is 4.45. The zero-order valence-corrected chi connectivity index (χ0v) is 15.1. The predicted octanol–water partition coefficient (Wildman–Crippen LogP) is 3.83. The average Bonchev–Trinajstić information content (AvgIpc) is 2.63. The molecule has 2 heterocycles. The smallest absolute Gasteiger partial charge is 0.310 e. The summed E-state index contributed by atoms with van der Waals surface area (Å²) in [5.41, 5.74) is 4.81. The number of piperidine rings is 1. The van der Waals surface area contributed by atoms with Crippen molar-refractivity contribution < 1.29 is 9.53 Å². The second kappa shape index (κ2) is 8.26. The lowest BCUT2D eigenvalue weighted by Gasteiger charge is -2.31. The van der Waals surface area contributed by atoms with Crippen LogP contribution in [0.25, 0.3) is 11.1 Å². The lowest BCUT2D eigenvalue weighted by atomic mass is 9.97. The summed E-state index contributed by atoms with van der Waals surface area (Å²) in [6, 6.07) is 10.6. The fourth-order valence-corrected chi connectivity index (χ4v) is 3.53. The molecule has 0 spiro atoms. The Morgan fingerprint density at radius 3 is 2.96 bits per heavy atom. The number of rotatable bonds is 5. The Labute approximate surface area is 149 Å². The van der Waals surface area contributed by atoms with Crippen LogP contribution in [-0.2, 0) is 16.1 Å². The molecule has 1 atom stereocenters. The van der Waals surface area contributed by atoms with Crippen molar-refractivity contribution in [2.24, 2.45) is 5.92 Å². The molecule has 1 aromatic carbocycles. The second-order valence-corrected chi connectivity index (χ2v) is 6.72. The third-order valence-electron chi connectivity index (χ3n) is 4.78. The van der Waals surface area contributed by atoms with E-state index in [9.17, 15) is 4.79 Å². The molecule has 3 rings (SSSR count). The predicted molar refractivity (Wildman–Crippen MR) is 99.0 cm³/mol. The number of carbonyl (C=O) groups is 1. The maximum atomic E-state index is 12.0. The zero-order chi connectivity index (χ0) is 17.6. The fourth-order valence-electron chi connectivity index (χ4n) is 3.53. The van der Waals surface area contributed by atoms with E-state index >= 15 is 0 Å². The van der Waals surface area contributed by atoms with Gasteiger partial charge in [0, 0.05) is 31.0 Å². The van der Waals surface area contributed by atoms with E-state index in [1.54, 1.807) is 0 Å². The summed E-state index contributed by atoms with van der Waals surface area (Å²) in [4.78, 5) is 18.8. The lowest BCUT2D eigenvalue weighted by Crippen LogP contribution is -2.38. The van der Waals surface area contributed by atoms with E-state index in [4.69, 9.17) is 4.74 Å². The standard InChI is InChI=1S/C21H26N2O2/c1-3-25-21(24)18-8-6-10-23(15-18)14-17-11-19(13-22-12-17)20-9-5-4-7-16(20)2/h4-5,7,9,11-13,18H,3,6,8,10,14-15H2,1-2H3/t18-/m1/s1. The summed E-state index contributed by atoms with van der Waals surface area (Å²) in [6.45, 7) is 7.05. The van der Waals surface area contributed by atoms with Crippen LogP contribution in [0.2, 0.25) is 0 Å². The normalized spacial score (nSPS) is 18.1. The van der Waals surface area contributed by atoms with Crippen molar-refractivity contribution >= 4 is 5.97 Å². The van der Waals surface area contributed by atoms with Crippen molar-refractivity contribution in [2.45, 2.75) is 33.2 Å². The molecule has 25 heavy (non-hydrogen) atoms. The molecule has 1 aliphatic rings. The summed E-state index contributed by atoms with van der Waals surface area (Å²) < 4.78 is 5.19. The molecule has 1 saturated heterocycles. The van der Waals surface area contributed by atoms with E-state index in [1.165, 1.54) is 16.7 Å². The van der Waals surface area contributed by atoms with E-state index in [0.717, 1.165) is 38.0 Å². The number of ether oxygens (including phenoxy) is 1. The Kier molecular flexibility index (Phi) is 5.82. The van der Waals surface area contributed by atoms with Crippen LogP contribution in [0.15, 0.2) is 42.7 Å². The molecule has 0 bridgehead atoms. The minimum Gasteiger partial charge on any atom is -0.466 e. The van der Waals surface area contributed by atoms with Crippen LogP contribution in [0.1, 0.15) is 30.9 Å². The molecule has 0 N–H and O–H groups in total. The number of nitrogens with zero attached hydrogens (tertiary/aromatic N) is 2. The Balaban J connectivity index is 1.70. The first-order chi connectivity index (χ1) is 12.2. The maximum Gasteiger partial charge on any atom is 0.310 e. The Morgan fingerprint density at radius 2 is 2.16 bits per heavy atom. The Hall–Kier alpha value is -2.20. The number of aromatic nitrogens is 1. The number of hydrogen-bond donors (Lipinski definition) is 0. The molecule has 0 unspecified atom stereocenters. The highest BCUT2D eigenvalue weighted by molar-refractivity contribution is 5.72. The molecule has 0 radical (unpaired) electrons. The molecule has 4 nitrogen and oxygen atoms in total. The number of hydrogen-bond acceptors (Lipinski definition) is 4. The van der Waals surface area contributed by atoms with Gasteiger partial charge in [0.05, 0.1) is 12.5 Å². The van der Waals surface area contributed by atoms with Gasteiger partial charge in [-0.05, 0) is 56.0 Å². The van der Waals surface area contributed by atoms with Crippen molar-refractivity contribution in [3.63, 3.8) is 0 Å². The molecule has 1 fully saturated rings. The highest BCUT2D eigenvalue weighted by Gasteiger charge is 2.26. The maximum absolute atomic E-state index is 12.0.